The first kappa shape index (κ1) is 9.44. The lowest BCUT2D eigenvalue weighted by molar-refractivity contribution is -0.0389. The molecule has 0 heterocycles. The van der Waals surface area contributed by atoms with Crippen molar-refractivity contribution < 1.29 is 15.3 Å². The number of fused-ring (bicyclic) bond motifs is 1. The topological polar surface area (TPSA) is 60.7 Å². The third kappa shape index (κ3) is 1.01. The van der Waals surface area contributed by atoms with Crippen molar-refractivity contribution in [2.75, 3.05) is 6.61 Å². The summed E-state index contributed by atoms with van der Waals surface area (Å²) in [6, 6.07) is 0. The maximum atomic E-state index is 9.77. The molecule has 0 spiro atoms. The lowest BCUT2D eigenvalue weighted by Crippen LogP contribution is -2.36. The van der Waals surface area contributed by atoms with Crippen LogP contribution in [0, 0.1) is 23.2 Å². The van der Waals surface area contributed by atoms with Crippen molar-refractivity contribution >= 4 is 0 Å². The second-order valence-electron chi connectivity index (χ2n) is 4.96. The SMILES string of the molecule is CC(C)[C@H]1C(O)C(O)[C@]2(CO)CC12. The van der Waals surface area contributed by atoms with Crippen LogP contribution in [0.3, 0.4) is 0 Å². The Hall–Kier alpha value is -0.120. The van der Waals surface area contributed by atoms with Crippen LogP contribution in [-0.2, 0) is 0 Å². The summed E-state index contributed by atoms with van der Waals surface area (Å²) in [6.45, 7) is 4.14. The molecular formula is C10H18O3. The van der Waals surface area contributed by atoms with E-state index in [4.69, 9.17) is 0 Å². The highest BCUT2D eigenvalue weighted by molar-refractivity contribution is 5.18. The fourth-order valence-electron chi connectivity index (χ4n) is 3.13. The fraction of sp³-hybridized carbons (Fsp3) is 1.00. The fourth-order valence-corrected chi connectivity index (χ4v) is 3.13. The maximum Gasteiger partial charge on any atom is 0.0882 e. The molecule has 3 nitrogen and oxygen atoms in total. The summed E-state index contributed by atoms with van der Waals surface area (Å²) in [5.41, 5.74) is -0.353. The number of aliphatic hydroxyl groups is 3. The first-order chi connectivity index (χ1) is 6.04. The molecule has 2 aliphatic rings. The Morgan fingerprint density at radius 1 is 1.38 bits per heavy atom. The Bertz CT molecular complexity index is 216. The van der Waals surface area contributed by atoms with Gasteiger partial charge in [-0.3, -0.25) is 0 Å². The van der Waals surface area contributed by atoms with E-state index >= 15 is 0 Å². The van der Waals surface area contributed by atoms with Crippen LogP contribution in [-0.4, -0.2) is 34.1 Å². The average molecular weight is 186 g/mol. The van der Waals surface area contributed by atoms with Gasteiger partial charge in [-0.1, -0.05) is 13.8 Å². The normalized spacial score (nSPS) is 54.0. The summed E-state index contributed by atoms with van der Waals surface area (Å²) in [5.74, 6) is 0.884. The van der Waals surface area contributed by atoms with E-state index in [9.17, 15) is 15.3 Å². The number of aliphatic hydroxyl groups excluding tert-OH is 3. The Kier molecular flexibility index (Phi) is 1.95. The minimum atomic E-state index is -0.713. The van der Waals surface area contributed by atoms with Crippen molar-refractivity contribution in [2.24, 2.45) is 23.2 Å². The zero-order chi connectivity index (χ0) is 9.80. The molecule has 2 saturated carbocycles. The molecule has 0 aliphatic heterocycles. The predicted molar refractivity (Wildman–Crippen MR) is 48.0 cm³/mol. The largest absolute Gasteiger partial charge is 0.396 e. The lowest BCUT2D eigenvalue weighted by Gasteiger charge is -2.24. The summed E-state index contributed by atoms with van der Waals surface area (Å²) < 4.78 is 0. The first-order valence-corrected chi connectivity index (χ1v) is 5.01. The Balaban J connectivity index is 2.19. The van der Waals surface area contributed by atoms with Gasteiger partial charge < -0.3 is 15.3 Å². The molecule has 3 heteroatoms. The van der Waals surface area contributed by atoms with Gasteiger partial charge in [0.1, 0.15) is 0 Å². The molecule has 0 aromatic heterocycles. The van der Waals surface area contributed by atoms with E-state index in [1.54, 1.807) is 0 Å². The standard InChI is InChI=1S/C10H18O3/c1-5(2)7-6-3-10(6,4-11)9(13)8(7)12/h5-9,11-13H,3-4H2,1-2H3/t6?,7-,8?,9?,10+/m1/s1. The van der Waals surface area contributed by atoms with Crippen LogP contribution in [0.4, 0.5) is 0 Å². The molecule has 0 aromatic carbocycles. The van der Waals surface area contributed by atoms with Gasteiger partial charge in [0.15, 0.2) is 0 Å². The van der Waals surface area contributed by atoms with Gasteiger partial charge in [-0.25, -0.2) is 0 Å². The van der Waals surface area contributed by atoms with Gasteiger partial charge in [-0.15, -0.1) is 0 Å². The van der Waals surface area contributed by atoms with Crippen molar-refractivity contribution in [3.05, 3.63) is 0 Å². The van der Waals surface area contributed by atoms with Crippen molar-refractivity contribution in [1.29, 1.82) is 0 Å². The minimum absolute atomic E-state index is 0.0130. The lowest BCUT2D eigenvalue weighted by atomic mass is 9.88. The van der Waals surface area contributed by atoms with Crippen molar-refractivity contribution in [3.63, 3.8) is 0 Å². The highest BCUT2D eigenvalue weighted by atomic mass is 16.3. The monoisotopic (exact) mass is 186 g/mol. The van der Waals surface area contributed by atoms with Crippen molar-refractivity contribution in [1.82, 2.24) is 0 Å². The van der Waals surface area contributed by atoms with Crippen LogP contribution in [0.15, 0.2) is 0 Å². The highest BCUT2D eigenvalue weighted by Gasteiger charge is 2.70. The van der Waals surface area contributed by atoms with Gasteiger partial charge in [0.05, 0.1) is 18.8 Å². The molecule has 2 aliphatic carbocycles. The van der Waals surface area contributed by atoms with Crippen LogP contribution in [0.1, 0.15) is 20.3 Å². The summed E-state index contributed by atoms with van der Waals surface area (Å²) in [6.07, 6.45) is -0.467. The second-order valence-corrected chi connectivity index (χ2v) is 4.96. The van der Waals surface area contributed by atoms with Gasteiger partial charge in [0.2, 0.25) is 0 Å². The van der Waals surface area contributed by atoms with E-state index in [-0.39, 0.29) is 17.9 Å². The summed E-state index contributed by atoms with van der Waals surface area (Å²) in [4.78, 5) is 0. The third-order valence-corrected chi connectivity index (χ3v) is 4.01. The van der Waals surface area contributed by atoms with Gasteiger partial charge in [0, 0.05) is 5.41 Å². The molecule has 3 N–H and O–H groups in total. The van der Waals surface area contributed by atoms with E-state index in [1.807, 2.05) is 0 Å². The van der Waals surface area contributed by atoms with E-state index in [0.717, 1.165) is 6.42 Å². The Labute approximate surface area is 78.4 Å². The van der Waals surface area contributed by atoms with E-state index in [2.05, 4.69) is 13.8 Å². The second kappa shape index (κ2) is 2.69. The number of rotatable bonds is 2. The summed E-state index contributed by atoms with van der Waals surface area (Å²) in [7, 11) is 0. The Morgan fingerprint density at radius 2 is 2.00 bits per heavy atom. The van der Waals surface area contributed by atoms with Gasteiger partial charge in [0.25, 0.3) is 0 Å². The molecule has 76 valence electrons. The zero-order valence-corrected chi connectivity index (χ0v) is 8.14. The molecule has 0 saturated heterocycles. The van der Waals surface area contributed by atoms with Crippen molar-refractivity contribution in [3.8, 4) is 0 Å². The Morgan fingerprint density at radius 3 is 2.31 bits per heavy atom. The van der Waals surface area contributed by atoms with Crippen molar-refractivity contribution in [2.45, 2.75) is 32.5 Å². The highest BCUT2D eigenvalue weighted by Crippen LogP contribution is 2.67. The molecule has 2 fully saturated rings. The maximum absolute atomic E-state index is 9.77. The molecule has 0 aromatic rings. The number of hydrogen-bond acceptors (Lipinski definition) is 3. The van der Waals surface area contributed by atoms with Gasteiger partial charge in [-0.2, -0.15) is 0 Å². The van der Waals surface area contributed by atoms with E-state index in [1.165, 1.54) is 0 Å². The molecule has 3 unspecified atom stereocenters. The predicted octanol–water partition coefficient (Wildman–Crippen LogP) is -0.00740. The van der Waals surface area contributed by atoms with Crippen LogP contribution < -0.4 is 0 Å². The molecule has 5 atom stereocenters. The molecule has 0 bridgehead atoms. The molecule has 0 amide bonds. The smallest absolute Gasteiger partial charge is 0.0882 e. The van der Waals surface area contributed by atoms with Crippen LogP contribution >= 0.6 is 0 Å². The average Bonchev–Trinajstić information content (AvgIpc) is 2.74. The quantitative estimate of drug-likeness (QED) is 0.568. The molecular weight excluding hydrogens is 168 g/mol. The molecule has 0 radical (unpaired) electrons. The van der Waals surface area contributed by atoms with E-state index < -0.39 is 12.2 Å². The van der Waals surface area contributed by atoms with Crippen LogP contribution in [0.2, 0.25) is 0 Å². The van der Waals surface area contributed by atoms with Gasteiger partial charge >= 0.3 is 0 Å². The first-order valence-electron chi connectivity index (χ1n) is 5.01. The molecule has 13 heavy (non-hydrogen) atoms. The van der Waals surface area contributed by atoms with Crippen LogP contribution in [0.25, 0.3) is 0 Å². The number of hydrogen-bond donors (Lipinski definition) is 3. The van der Waals surface area contributed by atoms with E-state index in [0.29, 0.717) is 11.8 Å². The third-order valence-electron chi connectivity index (χ3n) is 4.01. The zero-order valence-electron chi connectivity index (χ0n) is 8.14. The van der Waals surface area contributed by atoms with Crippen LogP contribution in [0.5, 0.6) is 0 Å². The molecule has 2 rings (SSSR count). The van der Waals surface area contributed by atoms with Gasteiger partial charge in [-0.05, 0) is 24.2 Å². The summed E-state index contributed by atoms with van der Waals surface area (Å²) in [5, 5.41) is 28.7. The minimum Gasteiger partial charge on any atom is -0.396 e. The summed E-state index contributed by atoms with van der Waals surface area (Å²) >= 11 is 0.